The molecule has 0 saturated heterocycles. The fourth-order valence-corrected chi connectivity index (χ4v) is 1.41. The van der Waals surface area contributed by atoms with Gasteiger partial charge in [0.05, 0.1) is 0 Å². The van der Waals surface area contributed by atoms with E-state index in [9.17, 15) is 0 Å². The summed E-state index contributed by atoms with van der Waals surface area (Å²) >= 11 is 0. The van der Waals surface area contributed by atoms with Crippen LogP contribution in [0.4, 0.5) is 0 Å². The Balaban J connectivity index is 2.26. The van der Waals surface area contributed by atoms with Gasteiger partial charge in [0.15, 0.2) is 0 Å². The van der Waals surface area contributed by atoms with Gasteiger partial charge in [0, 0.05) is 30.9 Å². The van der Waals surface area contributed by atoms with Crippen molar-refractivity contribution in [1.29, 1.82) is 0 Å². The van der Waals surface area contributed by atoms with Crippen LogP contribution in [-0.4, -0.2) is 10.6 Å². The summed E-state index contributed by atoms with van der Waals surface area (Å²) in [6.45, 7) is 0. The van der Waals surface area contributed by atoms with E-state index >= 15 is 0 Å². The van der Waals surface area contributed by atoms with Crippen molar-refractivity contribution in [2.75, 3.05) is 0 Å². The van der Waals surface area contributed by atoms with Crippen molar-refractivity contribution in [2.24, 2.45) is 12.8 Å². The van der Waals surface area contributed by atoms with Crippen LogP contribution in [0.15, 0.2) is 18.3 Å². The van der Waals surface area contributed by atoms with Gasteiger partial charge in [-0.3, -0.25) is 0 Å². The molecule has 1 aliphatic rings. The van der Waals surface area contributed by atoms with Crippen molar-refractivity contribution in [3.05, 3.63) is 24.0 Å². The number of hydrogen-bond acceptors (Lipinski definition) is 1. The van der Waals surface area contributed by atoms with E-state index in [2.05, 4.69) is 29.9 Å². The monoisotopic (exact) mass is 136 g/mol. The number of nitrogens with two attached hydrogens (primary N) is 1. The fraction of sp³-hybridized carbons (Fsp3) is 0.500. The first kappa shape index (κ1) is 5.98. The Bertz CT molecular complexity index is 239. The van der Waals surface area contributed by atoms with Crippen LogP contribution >= 0.6 is 0 Å². The molecular formula is C8H12N2. The highest BCUT2D eigenvalue weighted by molar-refractivity contribution is 5.21. The van der Waals surface area contributed by atoms with E-state index < -0.39 is 0 Å². The molecule has 1 aliphatic carbocycles. The molecule has 0 radical (unpaired) electrons. The lowest BCUT2D eigenvalue weighted by Crippen LogP contribution is -2.03. The molecule has 2 N–H and O–H groups in total. The Morgan fingerprint density at radius 3 is 2.80 bits per heavy atom. The third-order valence-electron chi connectivity index (χ3n) is 2.20. The van der Waals surface area contributed by atoms with Crippen LogP contribution in [0.3, 0.4) is 0 Å². The van der Waals surface area contributed by atoms with Gasteiger partial charge in [0.1, 0.15) is 0 Å². The van der Waals surface area contributed by atoms with Crippen LogP contribution in [0, 0.1) is 0 Å². The Morgan fingerprint density at radius 2 is 2.40 bits per heavy atom. The molecule has 2 rings (SSSR count). The minimum atomic E-state index is 0.425. The van der Waals surface area contributed by atoms with Crippen molar-refractivity contribution in [3.8, 4) is 0 Å². The first-order valence-electron chi connectivity index (χ1n) is 3.66. The molecule has 0 amide bonds. The summed E-state index contributed by atoms with van der Waals surface area (Å²) in [6, 6.07) is 4.64. The average Bonchev–Trinajstić information content (AvgIpc) is 2.42. The topological polar surface area (TPSA) is 30.9 Å². The van der Waals surface area contributed by atoms with E-state index in [0.29, 0.717) is 12.0 Å². The van der Waals surface area contributed by atoms with Gasteiger partial charge in [-0.25, -0.2) is 0 Å². The lowest BCUT2D eigenvalue weighted by molar-refractivity contribution is 0.813. The Labute approximate surface area is 60.6 Å². The minimum absolute atomic E-state index is 0.425. The first-order chi connectivity index (χ1) is 4.79. The largest absolute Gasteiger partial charge is 0.354 e. The van der Waals surface area contributed by atoms with Crippen LogP contribution in [0.1, 0.15) is 18.0 Å². The molecule has 1 aromatic heterocycles. The molecule has 1 fully saturated rings. The minimum Gasteiger partial charge on any atom is -0.354 e. The van der Waals surface area contributed by atoms with Crippen LogP contribution in [0.2, 0.25) is 0 Å². The molecule has 2 heteroatoms. The van der Waals surface area contributed by atoms with Gasteiger partial charge in [0.25, 0.3) is 0 Å². The molecule has 10 heavy (non-hydrogen) atoms. The van der Waals surface area contributed by atoms with Gasteiger partial charge < -0.3 is 10.3 Å². The summed E-state index contributed by atoms with van der Waals surface area (Å²) in [5.74, 6) is 0.639. The molecule has 1 saturated carbocycles. The molecule has 54 valence electrons. The highest BCUT2D eigenvalue weighted by atomic mass is 15.0. The molecule has 0 spiro atoms. The number of hydrogen-bond donors (Lipinski definition) is 1. The second-order valence-electron chi connectivity index (χ2n) is 3.05. The van der Waals surface area contributed by atoms with E-state index in [1.165, 1.54) is 5.69 Å². The van der Waals surface area contributed by atoms with Crippen molar-refractivity contribution in [1.82, 2.24) is 4.57 Å². The number of nitrogens with zero attached hydrogens (tertiary/aromatic N) is 1. The van der Waals surface area contributed by atoms with E-state index in [1.807, 2.05) is 0 Å². The van der Waals surface area contributed by atoms with Gasteiger partial charge in [-0.2, -0.15) is 0 Å². The molecule has 0 unspecified atom stereocenters. The number of aryl methyl sites for hydroxylation is 1. The maximum atomic E-state index is 5.71. The summed E-state index contributed by atoms with van der Waals surface area (Å²) in [4.78, 5) is 0. The molecule has 2 atom stereocenters. The third kappa shape index (κ3) is 0.762. The zero-order chi connectivity index (χ0) is 7.14. The summed E-state index contributed by atoms with van der Waals surface area (Å²) in [5, 5.41) is 0. The van der Waals surface area contributed by atoms with Crippen molar-refractivity contribution < 1.29 is 0 Å². The zero-order valence-electron chi connectivity index (χ0n) is 6.12. The normalized spacial score (nSPS) is 30.6. The van der Waals surface area contributed by atoms with E-state index in [-0.39, 0.29) is 0 Å². The van der Waals surface area contributed by atoms with E-state index in [1.54, 1.807) is 0 Å². The Kier molecular flexibility index (Phi) is 1.11. The van der Waals surface area contributed by atoms with Gasteiger partial charge in [0.2, 0.25) is 0 Å². The average molecular weight is 136 g/mol. The van der Waals surface area contributed by atoms with Crippen LogP contribution in [-0.2, 0) is 7.05 Å². The first-order valence-corrected chi connectivity index (χ1v) is 3.66. The summed E-state index contributed by atoms with van der Waals surface area (Å²) in [7, 11) is 2.07. The number of rotatable bonds is 1. The molecule has 1 heterocycles. The molecule has 2 nitrogen and oxygen atoms in total. The highest BCUT2D eigenvalue weighted by Crippen LogP contribution is 2.38. The predicted molar refractivity (Wildman–Crippen MR) is 40.7 cm³/mol. The quantitative estimate of drug-likeness (QED) is 0.609. The highest BCUT2D eigenvalue weighted by Gasteiger charge is 2.36. The second kappa shape index (κ2) is 1.86. The summed E-state index contributed by atoms with van der Waals surface area (Å²) < 4.78 is 2.15. The molecule has 0 aliphatic heterocycles. The standard InChI is InChI=1S/C8H12N2/c1-10-4-2-3-8(10)6-5-7(6)9/h2-4,6-7H,5,9H2,1H3/t6-,7-/m0/s1. The van der Waals surface area contributed by atoms with Gasteiger partial charge >= 0.3 is 0 Å². The second-order valence-corrected chi connectivity index (χ2v) is 3.05. The summed E-state index contributed by atoms with van der Waals surface area (Å²) in [5.41, 5.74) is 7.10. The maximum absolute atomic E-state index is 5.71. The van der Waals surface area contributed by atoms with Crippen LogP contribution in [0.25, 0.3) is 0 Å². The van der Waals surface area contributed by atoms with Gasteiger partial charge in [-0.1, -0.05) is 0 Å². The van der Waals surface area contributed by atoms with Gasteiger partial charge in [-0.05, 0) is 18.6 Å². The van der Waals surface area contributed by atoms with Crippen LogP contribution in [0.5, 0.6) is 0 Å². The third-order valence-corrected chi connectivity index (χ3v) is 2.20. The smallest absolute Gasteiger partial charge is 0.0218 e. The Morgan fingerprint density at radius 1 is 1.70 bits per heavy atom. The van der Waals surface area contributed by atoms with Crippen LogP contribution < -0.4 is 5.73 Å². The molecule has 0 aromatic carbocycles. The SMILES string of the molecule is Cn1cccc1[C@H]1C[C@@H]1N. The number of aromatic nitrogens is 1. The predicted octanol–water partition coefficient (Wildman–Crippen LogP) is 0.840. The van der Waals surface area contributed by atoms with Gasteiger partial charge in [-0.15, -0.1) is 0 Å². The lowest BCUT2D eigenvalue weighted by atomic mass is 10.3. The molecule has 0 bridgehead atoms. The van der Waals surface area contributed by atoms with E-state index in [4.69, 9.17) is 5.73 Å². The maximum Gasteiger partial charge on any atom is 0.0218 e. The Hall–Kier alpha value is -0.760. The zero-order valence-corrected chi connectivity index (χ0v) is 6.12. The van der Waals surface area contributed by atoms with Crippen molar-refractivity contribution >= 4 is 0 Å². The summed E-state index contributed by atoms with van der Waals surface area (Å²) in [6.07, 6.45) is 3.23. The lowest BCUT2D eigenvalue weighted by Gasteiger charge is -1.98. The van der Waals surface area contributed by atoms with E-state index in [0.717, 1.165) is 6.42 Å². The van der Waals surface area contributed by atoms with Crippen molar-refractivity contribution in [2.45, 2.75) is 18.4 Å². The molecule has 1 aromatic rings. The molecular weight excluding hydrogens is 124 g/mol. The van der Waals surface area contributed by atoms with Crippen molar-refractivity contribution in [3.63, 3.8) is 0 Å². The fourth-order valence-electron chi connectivity index (χ4n) is 1.41.